The molecular weight excluding hydrogens is 188 g/mol. The molecule has 15 heavy (non-hydrogen) atoms. The second kappa shape index (κ2) is 4.84. The maximum absolute atomic E-state index is 10.4. The van der Waals surface area contributed by atoms with Crippen LogP contribution in [0.3, 0.4) is 0 Å². The van der Waals surface area contributed by atoms with Gasteiger partial charge in [0.2, 0.25) is 0 Å². The molecule has 1 aliphatic carbocycles. The summed E-state index contributed by atoms with van der Waals surface area (Å²) in [5, 5.41) is 10.4. The Morgan fingerprint density at radius 3 is 2.47 bits per heavy atom. The van der Waals surface area contributed by atoms with Crippen LogP contribution in [0.25, 0.3) is 0 Å². The molecule has 1 heterocycles. The maximum atomic E-state index is 10.4. The Bertz CT molecular complexity index is 191. The molecular formula is C13H24O2. The summed E-state index contributed by atoms with van der Waals surface area (Å²) in [6.07, 6.45) is 9.48. The molecule has 0 amide bonds. The molecule has 0 bridgehead atoms. The average Bonchev–Trinajstić information content (AvgIpc) is 2.30. The fourth-order valence-electron chi connectivity index (χ4n) is 3.14. The number of hydrogen-bond acceptors (Lipinski definition) is 2. The monoisotopic (exact) mass is 212 g/mol. The van der Waals surface area contributed by atoms with Crippen LogP contribution in [0.2, 0.25) is 0 Å². The van der Waals surface area contributed by atoms with Crippen molar-refractivity contribution in [2.24, 2.45) is 5.92 Å². The molecule has 2 rings (SSSR count). The van der Waals surface area contributed by atoms with E-state index in [1.165, 1.54) is 38.5 Å². The molecule has 2 unspecified atom stereocenters. The Morgan fingerprint density at radius 2 is 1.87 bits per heavy atom. The Morgan fingerprint density at radius 1 is 1.13 bits per heavy atom. The smallest absolute Gasteiger partial charge is 0.0914 e. The van der Waals surface area contributed by atoms with Crippen LogP contribution in [0.1, 0.15) is 58.3 Å². The largest absolute Gasteiger partial charge is 0.390 e. The highest BCUT2D eigenvalue weighted by Crippen LogP contribution is 2.36. The Labute approximate surface area is 93.0 Å². The summed E-state index contributed by atoms with van der Waals surface area (Å²) in [4.78, 5) is 0. The number of rotatable bonds is 2. The fraction of sp³-hybridized carbons (Fsp3) is 1.00. The molecule has 2 heteroatoms. The quantitative estimate of drug-likeness (QED) is 0.762. The first-order valence-electron chi connectivity index (χ1n) is 6.54. The molecule has 0 aromatic carbocycles. The van der Waals surface area contributed by atoms with Crippen molar-refractivity contribution in [3.05, 3.63) is 0 Å². The van der Waals surface area contributed by atoms with E-state index in [9.17, 15) is 5.11 Å². The summed E-state index contributed by atoms with van der Waals surface area (Å²) in [7, 11) is 0. The summed E-state index contributed by atoms with van der Waals surface area (Å²) in [6.45, 7) is 2.94. The standard InChI is InChI=1S/C13H24O2/c1-13(9-5-6-10-15-13)12(14)11-7-3-2-4-8-11/h11-12,14H,2-10H2,1H3. The Balaban J connectivity index is 1.94. The van der Waals surface area contributed by atoms with E-state index in [0.717, 1.165) is 19.4 Å². The van der Waals surface area contributed by atoms with Crippen LogP contribution in [0, 0.1) is 5.92 Å². The van der Waals surface area contributed by atoms with Crippen LogP contribution in [0.5, 0.6) is 0 Å². The van der Waals surface area contributed by atoms with E-state index in [4.69, 9.17) is 4.74 Å². The maximum Gasteiger partial charge on any atom is 0.0914 e. The number of ether oxygens (including phenoxy) is 1. The van der Waals surface area contributed by atoms with E-state index in [2.05, 4.69) is 6.92 Å². The first kappa shape index (κ1) is 11.4. The van der Waals surface area contributed by atoms with Gasteiger partial charge < -0.3 is 9.84 Å². The number of aliphatic hydroxyl groups excluding tert-OH is 1. The van der Waals surface area contributed by atoms with Crippen LogP contribution in [0.15, 0.2) is 0 Å². The highest BCUT2D eigenvalue weighted by atomic mass is 16.5. The minimum Gasteiger partial charge on any atom is -0.390 e. The SMILES string of the molecule is CC1(C(O)C2CCCCC2)CCCCO1. The van der Waals surface area contributed by atoms with E-state index < -0.39 is 0 Å². The van der Waals surface area contributed by atoms with E-state index in [1.54, 1.807) is 0 Å². The predicted octanol–water partition coefficient (Wildman–Crippen LogP) is 2.89. The van der Waals surface area contributed by atoms with Gasteiger partial charge in [0.25, 0.3) is 0 Å². The summed E-state index contributed by atoms with van der Waals surface area (Å²) in [6, 6.07) is 0. The molecule has 0 aromatic heterocycles. The van der Waals surface area contributed by atoms with Gasteiger partial charge in [-0.1, -0.05) is 19.3 Å². The van der Waals surface area contributed by atoms with E-state index >= 15 is 0 Å². The van der Waals surface area contributed by atoms with Crippen molar-refractivity contribution in [3.63, 3.8) is 0 Å². The number of aliphatic hydroxyl groups is 1. The molecule has 0 spiro atoms. The van der Waals surface area contributed by atoms with Gasteiger partial charge in [-0.05, 0) is 44.9 Å². The molecule has 2 nitrogen and oxygen atoms in total. The van der Waals surface area contributed by atoms with Crippen molar-refractivity contribution in [1.82, 2.24) is 0 Å². The molecule has 2 atom stereocenters. The van der Waals surface area contributed by atoms with Gasteiger partial charge >= 0.3 is 0 Å². The lowest BCUT2D eigenvalue weighted by molar-refractivity contribution is -0.156. The third kappa shape index (κ3) is 2.54. The summed E-state index contributed by atoms with van der Waals surface area (Å²) in [5.74, 6) is 0.488. The highest BCUT2D eigenvalue weighted by Gasteiger charge is 2.40. The molecule has 0 aromatic rings. The van der Waals surface area contributed by atoms with Crippen molar-refractivity contribution in [2.75, 3.05) is 6.61 Å². The first-order valence-corrected chi connectivity index (χ1v) is 6.54. The van der Waals surface area contributed by atoms with Crippen LogP contribution < -0.4 is 0 Å². The lowest BCUT2D eigenvalue weighted by Gasteiger charge is -2.42. The third-order valence-corrected chi connectivity index (χ3v) is 4.22. The Kier molecular flexibility index (Phi) is 3.68. The zero-order valence-corrected chi connectivity index (χ0v) is 9.87. The van der Waals surface area contributed by atoms with E-state index in [0.29, 0.717) is 5.92 Å². The predicted molar refractivity (Wildman–Crippen MR) is 60.8 cm³/mol. The molecule has 88 valence electrons. The van der Waals surface area contributed by atoms with Crippen molar-refractivity contribution < 1.29 is 9.84 Å². The van der Waals surface area contributed by atoms with Gasteiger partial charge in [-0.25, -0.2) is 0 Å². The van der Waals surface area contributed by atoms with E-state index in [-0.39, 0.29) is 11.7 Å². The second-order valence-electron chi connectivity index (χ2n) is 5.46. The zero-order chi connectivity index (χ0) is 10.7. The molecule has 1 aliphatic heterocycles. The molecule has 0 radical (unpaired) electrons. The van der Waals surface area contributed by atoms with Gasteiger partial charge in [0.1, 0.15) is 0 Å². The van der Waals surface area contributed by atoms with Crippen LogP contribution in [-0.4, -0.2) is 23.4 Å². The van der Waals surface area contributed by atoms with Gasteiger partial charge in [-0.3, -0.25) is 0 Å². The van der Waals surface area contributed by atoms with Crippen molar-refractivity contribution in [3.8, 4) is 0 Å². The minimum atomic E-state index is -0.250. The zero-order valence-electron chi connectivity index (χ0n) is 9.87. The topological polar surface area (TPSA) is 29.5 Å². The van der Waals surface area contributed by atoms with Gasteiger partial charge in [-0.15, -0.1) is 0 Å². The molecule has 1 saturated carbocycles. The summed E-state index contributed by atoms with van der Waals surface area (Å²) in [5.41, 5.74) is -0.250. The van der Waals surface area contributed by atoms with Gasteiger partial charge in [0, 0.05) is 6.61 Å². The van der Waals surface area contributed by atoms with Crippen molar-refractivity contribution in [2.45, 2.75) is 70.0 Å². The molecule has 2 aliphatic rings. The third-order valence-electron chi connectivity index (χ3n) is 4.22. The van der Waals surface area contributed by atoms with Crippen LogP contribution >= 0.6 is 0 Å². The number of hydrogen-bond donors (Lipinski definition) is 1. The van der Waals surface area contributed by atoms with Crippen LogP contribution in [0.4, 0.5) is 0 Å². The summed E-state index contributed by atoms with van der Waals surface area (Å²) >= 11 is 0. The molecule has 2 fully saturated rings. The van der Waals surface area contributed by atoms with Gasteiger partial charge in [-0.2, -0.15) is 0 Å². The van der Waals surface area contributed by atoms with Gasteiger partial charge in [0.15, 0.2) is 0 Å². The van der Waals surface area contributed by atoms with Gasteiger partial charge in [0.05, 0.1) is 11.7 Å². The summed E-state index contributed by atoms with van der Waals surface area (Å²) < 4.78 is 5.83. The second-order valence-corrected chi connectivity index (χ2v) is 5.46. The minimum absolute atomic E-state index is 0.238. The molecule has 1 N–H and O–H groups in total. The normalized spacial score (nSPS) is 36.4. The van der Waals surface area contributed by atoms with Crippen molar-refractivity contribution >= 4 is 0 Å². The fourth-order valence-corrected chi connectivity index (χ4v) is 3.14. The first-order chi connectivity index (χ1) is 7.22. The molecule has 1 saturated heterocycles. The lowest BCUT2D eigenvalue weighted by atomic mass is 9.76. The van der Waals surface area contributed by atoms with E-state index in [1.807, 2.05) is 0 Å². The highest BCUT2D eigenvalue weighted by molar-refractivity contribution is 4.91. The average molecular weight is 212 g/mol. The Hall–Kier alpha value is -0.0800. The van der Waals surface area contributed by atoms with Crippen LogP contribution in [-0.2, 0) is 4.74 Å². The lowest BCUT2D eigenvalue weighted by Crippen LogP contribution is -2.48. The van der Waals surface area contributed by atoms with Crippen molar-refractivity contribution in [1.29, 1.82) is 0 Å².